The lowest BCUT2D eigenvalue weighted by Crippen LogP contribution is -2.52. The molecule has 1 fully saturated rings. The molecule has 1 aliphatic heterocycles. The van der Waals surface area contributed by atoms with E-state index in [0.29, 0.717) is 16.7 Å². The van der Waals surface area contributed by atoms with Crippen molar-refractivity contribution in [1.82, 2.24) is 29.2 Å². The third-order valence-electron chi connectivity index (χ3n) is 5.08. The second-order valence-electron chi connectivity index (χ2n) is 6.78. The molecule has 8 heteroatoms. The van der Waals surface area contributed by atoms with Gasteiger partial charge in [-0.1, -0.05) is 30.3 Å². The first kappa shape index (κ1) is 16.0. The summed E-state index contributed by atoms with van der Waals surface area (Å²) in [6, 6.07) is 11.7. The fourth-order valence-electron chi connectivity index (χ4n) is 3.61. The highest BCUT2D eigenvalue weighted by Crippen LogP contribution is 2.25. The Hall–Kier alpha value is -3.26. The Kier molecular flexibility index (Phi) is 3.64. The van der Waals surface area contributed by atoms with Gasteiger partial charge in [0.25, 0.3) is 11.3 Å². The van der Waals surface area contributed by atoms with Crippen molar-refractivity contribution >= 4 is 16.7 Å². The van der Waals surface area contributed by atoms with E-state index < -0.39 is 0 Å². The first-order valence-electron chi connectivity index (χ1n) is 8.97. The minimum Gasteiger partial charge on any atom is -0.308 e. The van der Waals surface area contributed by atoms with E-state index in [-0.39, 0.29) is 5.56 Å². The van der Waals surface area contributed by atoms with Crippen LogP contribution in [0.4, 0.5) is 0 Å². The minimum atomic E-state index is -0.0826. The highest BCUT2D eigenvalue weighted by molar-refractivity contribution is 5.93. The zero-order chi connectivity index (χ0) is 18.4. The largest absolute Gasteiger partial charge is 0.308 e. The third kappa shape index (κ3) is 2.57. The molecule has 0 aliphatic carbocycles. The van der Waals surface area contributed by atoms with Gasteiger partial charge < -0.3 is 9.91 Å². The maximum Gasteiger partial charge on any atom is 0.280 e. The zero-order valence-corrected chi connectivity index (χ0v) is 15.0. The van der Waals surface area contributed by atoms with Gasteiger partial charge in [0.05, 0.1) is 16.6 Å². The molecule has 4 aromatic rings. The van der Waals surface area contributed by atoms with E-state index in [1.165, 1.54) is 6.33 Å². The first-order valence-corrected chi connectivity index (χ1v) is 8.97. The fraction of sp³-hybridized carbons (Fsp3) is 0.263. The van der Waals surface area contributed by atoms with Crippen LogP contribution in [0.5, 0.6) is 0 Å². The number of rotatable bonds is 2. The lowest BCUT2D eigenvalue weighted by molar-refractivity contribution is 0.286. The number of fused-ring (bicyclic) bond motifs is 2. The van der Waals surface area contributed by atoms with E-state index in [1.54, 1.807) is 9.19 Å². The molecule has 0 spiro atoms. The lowest BCUT2D eigenvalue weighted by atomic mass is 10.1. The van der Waals surface area contributed by atoms with Crippen molar-refractivity contribution in [2.45, 2.75) is 0 Å². The van der Waals surface area contributed by atoms with Gasteiger partial charge in [0.1, 0.15) is 6.33 Å². The molecule has 0 unspecified atom stereocenters. The summed E-state index contributed by atoms with van der Waals surface area (Å²) in [6.07, 6.45) is 3.28. The smallest absolute Gasteiger partial charge is 0.280 e. The number of hydrogen-bond donors (Lipinski definition) is 0. The van der Waals surface area contributed by atoms with Crippen molar-refractivity contribution in [3.63, 3.8) is 0 Å². The maximum atomic E-state index is 13.5. The second-order valence-corrected chi connectivity index (χ2v) is 6.78. The molecule has 0 N–H and O–H groups in total. The molecule has 1 aromatic carbocycles. The Labute approximate surface area is 155 Å². The molecular weight excluding hydrogens is 342 g/mol. The Balaban J connectivity index is 1.80. The van der Waals surface area contributed by atoms with E-state index in [1.807, 2.05) is 42.6 Å². The highest BCUT2D eigenvalue weighted by Gasteiger charge is 2.20. The van der Waals surface area contributed by atoms with Gasteiger partial charge in [0.2, 0.25) is 0 Å². The molecule has 8 nitrogen and oxygen atoms in total. The van der Waals surface area contributed by atoms with Crippen LogP contribution in [-0.2, 0) is 0 Å². The Morgan fingerprint density at radius 1 is 1.00 bits per heavy atom. The summed E-state index contributed by atoms with van der Waals surface area (Å²) in [5.74, 6) is 0.484. The number of piperazine rings is 1. The van der Waals surface area contributed by atoms with Crippen LogP contribution in [0.3, 0.4) is 0 Å². The van der Waals surface area contributed by atoms with Crippen LogP contribution in [0, 0.1) is 0 Å². The maximum absolute atomic E-state index is 13.5. The Morgan fingerprint density at radius 2 is 1.78 bits per heavy atom. The van der Waals surface area contributed by atoms with Crippen LogP contribution in [-0.4, -0.2) is 62.4 Å². The van der Waals surface area contributed by atoms with Gasteiger partial charge in [-0.2, -0.15) is 14.6 Å². The SMILES string of the molecule is CN1CCN(n2ccc3nc4ncnn4c(-c4ccccc4)c3c2=O)CC1. The normalized spacial score (nSPS) is 15.7. The standard InChI is InChI=1S/C19H19N7O/c1-23-9-11-24(12-10-23)25-8-7-15-16(18(25)27)17(14-5-3-2-4-6-14)26-19(22-15)20-13-21-26/h2-8,13H,9-12H2,1H3. The predicted octanol–water partition coefficient (Wildman–Crippen LogP) is 0.990. The average molecular weight is 361 g/mol. The number of hydrogen-bond acceptors (Lipinski definition) is 6. The molecule has 0 atom stereocenters. The van der Waals surface area contributed by atoms with Gasteiger partial charge in [-0.05, 0) is 13.1 Å². The summed E-state index contributed by atoms with van der Waals surface area (Å²) in [7, 11) is 2.10. The molecule has 0 saturated carbocycles. The molecule has 3 aromatic heterocycles. The third-order valence-corrected chi connectivity index (χ3v) is 5.08. The van der Waals surface area contributed by atoms with Crippen molar-refractivity contribution in [1.29, 1.82) is 0 Å². The number of aromatic nitrogens is 5. The topological polar surface area (TPSA) is 71.6 Å². The van der Waals surface area contributed by atoms with Gasteiger partial charge in [-0.25, -0.2) is 9.66 Å². The molecular formula is C19H19N7O. The molecule has 0 amide bonds. The van der Waals surface area contributed by atoms with Crippen molar-refractivity contribution < 1.29 is 0 Å². The van der Waals surface area contributed by atoms with Crippen LogP contribution in [0.1, 0.15) is 0 Å². The highest BCUT2D eigenvalue weighted by atomic mass is 16.1. The van der Waals surface area contributed by atoms with Crippen LogP contribution >= 0.6 is 0 Å². The molecule has 27 heavy (non-hydrogen) atoms. The minimum absolute atomic E-state index is 0.0826. The van der Waals surface area contributed by atoms with Gasteiger partial charge in [-0.3, -0.25) is 4.79 Å². The molecule has 4 heterocycles. The van der Waals surface area contributed by atoms with E-state index in [0.717, 1.165) is 37.4 Å². The summed E-state index contributed by atoms with van der Waals surface area (Å²) in [6.45, 7) is 3.47. The van der Waals surface area contributed by atoms with E-state index in [4.69, 9.17) is 0 Å². The fourth-order valence-corrected chi connectivity index (χ4v) is 3.61. The van der Waals surface area contributed by atoms with Gasteiger partial charge in [-0.15, -0.1) is 0 Å². The predicted molar refractivity (Wildman–Crippen MR) is 103 cm³/mol. The summed E-state index contributed by atoms with van der Waals surface area (Å²) in [5.41, 5.74) is 2.18. The number of nitrogens with zero attached hydrogens (tertiary/aromatic N) is 7. The van der Waals surface area contributed by atoms with E-state index in [9.17, 15) is 4.79 Å². The summed E-state index contributed by atoms with van der Waals surface area (Å²) in [5, 5.41) is 6.95. The van der Waals surface area contributed by atoms with Gasteiger partial charge in [0, 0.05) is 37.9 Å². The Morgan fingerprint density at radius 3 is 2.56 bits per heavy atom. The van der Waals surface area contributed by atoms with Crippen LogP contribution in [0.15, 0.2) is 53.7 Å². The zero-order valence-electron chi connectivity index (χ0n) is 15.0. The first-order chi connectivity index (χ1) is 13.2. The van der Waals surface area contributed by atoms with Crippen LogP contribution in [0.2, 0.25) is 0 Å². The van der Waals surface area contributed by atoms with E-state index >= 15 is 0 Å². The van der Waals surface area contributed by atoms with Crippen LogP contribution < -0.4 is 10.6 Å². The molecule has 1 saturated heterocycles. The second kappa shape index (κ2) is 6.17. The monoisotopic (exact) mass is 361 g/mol. The van der Waals surface area contributed by atoms with Crippen LogP contribution in [0.25, 0.3) is 27.9 Å². The van der Waals surface area contributed by atoms with Crippen molar-refractivity contribution in [2.24, 2.45) is 0 Å². The molecule has 136 valence electrons. The van der Waals surface area contributed by atoms with Crippen molar-refractivity contribution in [3.05, 3.63) is 59.3 Å². The number of pyridine rings is 1. The quantitative estimate of drug-likeness (QED) is 0.530. The van der Waals surface area contributed by atoms with Gasteiger partial charge in [0.15, 0.2) is 0 Å². The lowest BCUT2D eigenvalue weighted by Gasteiger charge is -2.34. The molecule has 5 rings (SSSR count). The Bertz CT molecular complexity index is 1170. The molecule has 1 aliphatic rings. The summed E-state index contributed by atoms with van der Waals surface area (Å²) >= 11 is 0. The summed E-state index contributed by atoms with van der Waals surface area (Å²) < 4.78 is 3.36. The molecule has 0 radical (unpaired) electrons. The van der Waals surface area contributed by atoms with Crippen molar-refractivity contribution in [3.8, 4) is 11.3 Å². The average Bonchev–Trinajstić information content (AvgIpc) is 3.16. The molecule has 0 bridgehead atoms. The number of benzene rings is 1. The van der Waals surface area contributed by atoms with E-state index in [2.05, 4.69) is 32.0 Å². The van der Waals surface area contributed by atoms with Crippen molar-refractivity contribution in [2.75, 3.05) is 38.2 Å². The number of likely N-dealkylation sites (N-methyl/N-ethyl adjacent to an activating group) is 1. The van der Waals surface area contributed by atoms with Gasteiger partial charge >= 0.3 is 0 Å². The summed E-state index contributed by atoms with van der Waals surface area (Å²) in [4.78, 5) is 24.5.